The molecule has 0 aliphatic rings. The van der Waals surface area contributed by atoms with Gasteiger partial charge in [0.05, 0.1) is 18.4 Å². The normalized spacial score (nSPS) is 11.0. The number of rotatable bonds is 6. The summed E-state index contributed by atoms with van der Waals surface area (Å²) in [6, 6.07) is 15.5. The van der Waals surface area contributed by atoms with Crippen molar-refractivity contribution in [3.63, 3.8) is 0 Å². The Balaban J connectivity index is 1.87. The van der Waals surface area contributed by atoms with Gasteiger partial charge in [0.2, 0.25) is 0 Å². The van der Waals surface area contributed by atoms with Crippen LogP contribution in [0.1, 0.15) is 10.4 Å². The number of methoxy groups -OCH3 is 1. The highest BCUT2D eigenvalue weighted by Gasteiger charge is 2.22. The van der Waals surface area contributed by atoms with Gasteiger partial charge in [-0.25, -0.2) is 13.4 Å². The number of anilines is 2. The van der Waals surface area contributed by atoms with E-state index < -0.39 is 15.9 Å². The number of benzene rings is 2. The molecule has 0 spiro atoms. The molecule has 0 aliphatic carbocycles. The monoisotopic (exact) mass is 451 g/mol. The van der Waals surface area contributed by atoms with Crippen LogP contribution in [0.2, 0.25) is 10.3 Å². The van der Waals surface area contributed by atoms with Crippen molar-refractivity contribution >= 4 is 50.5 Å². The highest BCUT2D eigenvalue weighted by molar-refractivity contribution is 7.92. The van der Waals surface area contributed by atoms with Crippen LogP contribution in [0.4, 0.5) is 11.4 Å². The van der Waals surface area contributed by atoms with Gasteiger partial charge in [-0.1, -0.05) is 35.3 Å². The standard InChI is InChI=1S/C19H15Cl2N3O4S/c1-28-13-8-6-12(7-9-13)22-19(25)14-4-2-3-5-15(14)24-29(26,27)16-10-11-17(20)23-18(16)21/h2-11,24H,1H3,(H,22,25). The third kappa shape index (κ3) is 4.97. The van der Waals surface area contributed by atoms with Gasteiger partial charge in [0, 0.05) is 5.69 Å². The molecule has 29 heavy (non-hydrogen) atoms. The number of aromatic nitrogens is 1. The van der Waals surface area contributed by atoms with Crippen molar-refractivity contribution < 1.29 is 17.9 Å². The number of pyridine rings is 1. The van der Waals surface area contributed by atoms with E-state index in [1.165, 1.54) is 24.3 Å². The molecule has 7 nitrogen and oxygen atoms in total. The van der Waals surface area contributed by atoms with Gasteiger partial charge in [-0.3, -0.25) is 9.52 Å². The summed E-state index contributed by atoms with van der Waals surface area (Å²) in [5, 5.41) is 2.50. The van der Waals surface area contributed by atoms with Crippen LogP contribution in [0, 0.1) is 0 Å². The number of carbonyl (C=O) groups is 1. The van der Waals surface area contributed by atoms with Crippen molar-refractivity contribution in [3.05, 3.63) is 76.5 Å². The molecule has 3 aromatic rings. The van der Waals surface area contributed by atoms with E-state index in [4.69, 9.17) is 27.9 Å². The largest absolute Gasteiger partial charge is 0.497 e. The van der Waals surface area contributed by atoms with Crippen molar-refractivity contribution in [1.29, 1.82) is 0 Å². The van der Waals surface area contributed by atoms with E-state index in [2.05, 4.69) is 15.0 Å². The number of ether oxygens (including phenoxy) is 1. The SMILES string of the molecule is COc1ccc(NC(=O)c2ccccc2NS(=O)(=O)c2ccc(Cl)nc2Cl)cc1. The number of halogens is 2. The van der Waals surface area contributed by atoms with Gasteiger partial charge in [-0.2, -0.15) is 0 Å². The number of nitrogens with one attached hydrogen (secondary N) is 2. The van der Waals surface area contributed by atoms with Gasteiger partial charge in [0.1, 0.15) is 15.8 Å². The van der Waals surface area contributed by atoms with Crippen molar-refractivity contribution in [2.24, 2.45) is 0 Å². The molecule has 1 heterocycles. The fraction of sp³-hybridized carbons (Fsp3) is 0.0526. The number of nitrogens with zero attached hydrogens (tertiary/aromatic N) is 1. The van der Waals surface area contributed by atoms with Crippen LogP contribution < -0.4 is 14.8 Å². The molecule has 0 aliphatic heterocycles. The maximum atomic E-state index is 12.7. The number of para-hydroxylation sites is 1. The van der Waals surface area contributed by atoms with Crippen LogP contribution in [0.3, 0.4) is 0 Å². The Hall–Kier alpha value is -2.81. The van der Waals surface area contributed by atoms with Gasteiger partial charge in [-0.15, -0.1) is 0 Å². The average molecular weight is 452 g/mol. The average Bonchev–Trinajstić information content (AvgIpc) is 2.68. The van der Waals surface area contributed by atoms with Crippen LogP contribution in [-0.4, -0.2) is 26.4 Å². The lowest BCUT2D eigenvalue weighted by Crippen LogP contribution is -2.19. The fourth-order valence-corrected chi connectivity index (χ4v) is 4.18. The second-order valence-corrected chi connectivity index (χ2v) is 8.15. The Morgan fingerprint density at radius 1 is 1.00 bits per heavy atom. The summed E-state index contributed by atoms with van der Waals surface area (Å²) < 4.78 is 32.9. The molecule has 0 radical (unpaired) electrons. The summed E-state index contributed by atoms with van der Waals surface area (Å²) in [4.78, 5) is 16.2. The Kier molecular flexibility index (Phi) is 6.26. The molecule has 0 atom stereocenters. The molecule has 2 aromatic carbocycles. The minimum atomic E-state index is -4.10. The summed E-state index contributed by atoms with van der Waals surface area (Å²) in [5.41, 5.74) is 0.743. The van der Waals surface area contributed by atoms with E-state index in [-0.39, 0.29) is 26.5 Å². The number of carbonyl (C=O) groups excluding carboxylic acids is 1. The minimum Gasteiger partial charge on any atom is -0.497 e. The summed E-state index contributed by atoms with van der Waals surface area (Å²) in [6.45, 7) is 0. The quantitative estimate of drug-likeness (QED) is 0.539. The molecule has 0 fully saturated rings. The minimum absolute atomic E-state index is 0.0632. The first-order valence-corrected chi connectivity index (χ1v) is 10.4. The number of hydrogen-bond donors (Lipinski definition) is 2. The van der Waals surface area contributed by atoms with E-state index >= 15 is 0 Å². The Bertz CT molecular complexity index is 1150. The smallest absolute Gasteiger partial charge is 0.264 e. The molecule has 0 bridgehead atoms. The third-order valence-corrected chi connectivity index (χ3v) is 5.84. The predicted octanol–water partition coefficient (Wildman–Crippen LogP) is 4.45. The number of amides is 1. The number of hydrogen-bond acceptors (Lipinski definition) is 5. The predicted molar refractivity (Wildman–Crippen MR) is 112 cm³/mol. The molecule has 1 aromatic heterocycles. The van der Waals surface area contributed by atoms with Gasteiger partial charge in [-0.05, 0) is 48.5 Å². The molecule has 150 valence electrons. The highest BCUT2D eigenvalue weighted by atomic mass is 35.5. The first kappa shape index (κ1) is 20.9. The molecule has 2 N–H and O–H groups in total. The second kappa shape index (κ2) is 8.69. The van der Waals surface area contributed by atoms with Gasteiger partial charge in [0.15, 0.2) is 5.15 Å². The third-order valence-electron chi connectivity index (χ3n) is 3.83. The van der Waals surface area contributed by atoms with Crippen molar-refractivity contribution in [1.82, 2.24) is 4.98 Å². The lowest BCUT2D eigenvalue weighted by atomic mass is 10.1. The van der Waals surface area contributed by atoms with Crippen LogP contribution in [-0.2, 0) is 10.0 Å². The van der Waals surface area contributed by atoms with Gasteiger partial charge < -0.3 is 10.1 Å². The van der Waals surface area contributed by atoms with Crippen molar-refractivity contribution in [2.75, 3.05) is 17.1 Å². The topological polar surface area (TPSA) is 97.4 Å². The molecule has 1 amide bonds. The van der Waals surface area contributed by atoms with Crippen LogP contribution in [0.25, 0.3) is 0 Å². The van der Waals surface area contributed by atoms with Gasteiger partial charge in [0.25, 0.3) is 15.9 Å². The Morgan fingerprint density at radius 2 is 1.69 bits per heavy atom. The van der Waals surface area contributed by atoms with E-state index in [1.54, 1.807) is 43.5 Å². The summed E-state index contributed by atoms with van der Waals surface area (Å²) in [5.74, 6) is 0.151. The lowest BCUT2D eigenvalue weighted by Gasteiger charge is -2.13. The van der Waals surface area contributed by atoms with Crippen LogP contribution in [0.15, 0.2) is 65.6 Å². The lowest BCUT2D eigenvalue weighted by molar-refractivity contribution is 0.102. The molecule has 10 heteroatoms. The highest BCUT2D eigenvalue weighted by Crippen LogP contribution is 2.26. The summed E-state index contributed by atoms with van der Waals surface area (Å²) in [7, 11) is -2.56. The van der Waals surface area contributed by atoms with Crippen LogP contribution in [0.5, 0.6) is 5.75 Å². The molecule has 3 rings (SSSR count). The molecular formula is C19H15Cl2N3O4S. The first-order chi connectivity index (χ1) is 13.8. The fourth-order valence-electron chi connectivity index (χ4n) is 2.44. The molecule has 0 saturated carbocycles. The zero-order chi connectivity index (χ0) is 21.0. The van der Waals surface area contributed by atoms with E-state index in [9.17, 15) is 13.2 Å². The maximum Gasteiger partial charge on any atom is 0.264 e. The zero-order valence-electron chi connectivity index (χ0n) is 15.0. The second-order valence-electron chi connectivity index (χ2n) is 5.76. The van der Waals surface area contributed by atoms with Crippen molar-refractivity contribution in [3.8, 4) is 5.75 Å². The van der Waals surface area contributed by atoms with E-state index in [1.807, 2.05) is 0 Å². The summed E-state index contributed by atoms with van der Waals surface area (Å²) >= 11 is 11.6. The molecule has 0 unspecified atom stereocenters. The van der Waals surface area contributed by atoms with E-state index in [0.29, 0.717) is 11.4 Å². The first-order valence-electron chi connectivity index (χ1n) is 8.19. The zero-order valence-corrected chi connectivity index (χ0v) is 17.3. The Labute approximate surface area is 177 Å². The van der Waals surface area contributed by atoms with Gasteiger partial charge >= 0.3 is 0 Å². The summed E-state index contributed by atoms with van der Waals surface area (Å²) in [6.07, 6.45) is 0. The molecule has 0 saturated heterocycles. The maximum absolute atomic E-state index is 12.7. The molecular weight excluding hydrogens is 437 g/mol. The van der Waals surface area contributed by atoms with Crippen molar-refractivity contribution in [2.45, 2.75) is 4.90 Å². The van der Waals surface area contributed by atoms with E-state index in [0.717, 1.165) is 0 Å². The van der Waals surface area contributed by atoms with Crippen LogP contribution >= 0.6 is 23.2 Å². The number of sulfonamides is 1. The Morgan fingerprint density at radius 3 is 2.34 bits per heavy atom.